The maximum atomic E-state index is 12.0. The number of nitrogens with one attached hydrogen (secondary N) is 1. The summed E-state index contributed by atoms with van der Waals surface area (Å²) < 4.78 is 5.37. The molecule has 104 valence electrons. The molecule has 1 aromatic carbocycles. The first-order chi connectivity index (χ1) is 9.72. The lowest BCUT2D eigenvalue weighted by molar-refractivity contribution is -0.115. The van der Waals surface area contributed by atoms with Gasteiger partial charge in [-0.05, 0) is 11.6 Å². The second-order valence-electron chi connectivity index (χ2n) is 4.51. The standard InChI is InChI=1S/C14H13ClN2O2S/c15-10-4-2-1-3-9(10)7-13(18)17-14-16-11-5-6-19-8-12(11)20-14/h1-4H,5-8H2,(H,16,17,18). The van der Waals surface area contributed by atoms with E-state index in [1.54, 1.807) is 6.07 Å². The number of rotatable bonds is 3. The van der Waals surface area contributed by atoms with Crippen LogP contribution >= 0.6 is 22.9 Å². The molecule has 2 heterocycles. The number of aromatic nitrogens is 1. The minimum absolute atomic E-state index is 0.106. The Balaban J connectivity index is 1.67. The van der Waals surface area contributed by atoms with E-state index in [4.69, 9.17) is 16.3 Å². The highest BCUT2D eigenvalue weighted by Crippen LogP contribution is 2.27. The zero-order valence-corrected chi connectivity index (χ0v) is 12.3. The lowest BCUT2D eigenvalue weighted by Crippen LogP contribution is -2.14. The third-order valence-corrected chi connectivity index (χ3v) is 4.41. The van der Waals surface area contributed by atoms with Gasteiger partial charge in [0.15, 0.2) is 5.13 Å². The summed E-state index contributed by atoms with van der Waals surface area (Å²) in [4.78, 5) is 17.5. The number of benzene rings is 1. The van der Waals surface area contributed by atoms with E-state index in [-0.39, 0.29) is 12.3 Å². The van der Waals surface area contributed by atoms with E-state index in [0.717, 1.165) is 22.6 Å². The molecule has 1 aromatic heterocycles. The number of carbonyl (C=O) groups is 1. The minimum atomic E-state index is -0.106. The zero-order chi connectivity index (χ0) is 13.9. The predicted molar refractivity (Wildman–Crippen MR) is 79.3 cm³/mol. The Hall–Kier alpha value is -1.43. The summed E-state index contributed by atoms with van der Waals surface area (Å²) in [7, 11) is 0. The van der Waals surface area contributed by atoms with Crippen molar-refractivity contribution in [3.05, 3.63) is 45.4 Å². The van der Waals surface area contributed by atoms with Crippen LogP contribution in [0.2, 0.25) is 5.02 Å². The van der Waals surface area contributed by atoms with Crippen molar-refractivity contribution in [3.63, 3.8) is 0 Å². The quantitative estimate of drug-likeness (QED) is 0.948. The van der Waals surface area contributed by atoms with Gasteiger partial charge in [0, 0.05) is 11.4 Å². The van der Waals surface area contributed by atoms with Crippen LogP contribution in [0.1, 0.15) is 16.1 Å². The van der Waals surface area contributed by atoms with Gasteiger partial charge in [-0.25, -0.2) is 4.98 Å². The second kappa shape index (κ2) is 5.91. The van der Waals surface area contributed by atoms with Gasteiger partial charge in [0.25, 0.3) is 0 Å². The van der Waals surface area contributed by atoms with Crippen molar-refractivity contribution < 1.29 is 9.53 Å². The number of thiazole rings is 1. The van der Waals surface area contributed by atoms with Crippen molar-refractivity contribution >= 4 is 34.0 Å². The first-order valence-electron chi connectivity index (χ1n) is 6.32. The molecule has 0 unspecified atom stereocenters. The van der Waals surface area contributed by atoms with Gasteiger partial charge in [0.2, 0.25) is 5.91 Å². The largest absolute Gasteiger partial charge is 0.375 e. The summed E-state index contributed by atoms with van der Waals surface area (Å²) in [6, 6.07) is 7.35. The van der Waals surface area contributed by atoms with E-state index in [1.165, 1.54) is 11.3 Å². The van der Waals surface area contributed by atoms with Gasteiger partial charge in [-0.2, -0.15) is 0 Å². The van der Waals surface area contributed by atoms with Gasteiger partial charge in [-0.1, -0.05) is 41.1 Å². The number of carbonyl (C=O) groups excluding carboxylic acids is 1. The Labute approximate surface area is 125 Å². The number of anilines is 1. The highest BCUT2D eigenvalue weighted by Gasteiger charge is 2.17. The van der Waals surface area contributed by atoms with Gasteiger partial charge in [0.1, 0.15) is 0 Å². The maximum Gasteiger partial charge on any atom is 0.230 e. The lowest BCUT2D eigenvalue weighted by Gasteiger charge is -2.08. The van der Waals surface area contributed by atoms with Crippen LogP contribution in [-0.2, 0) is 29.0 Å². The zero-order valence-electron chi connectivity index (χ0n) is 10.7. The van der Waals surface area contributed by atoms with Gasteiger partial charge < -0.3 is 10.1 Å². The van der Waals surface area contributed by atoms with Crippen LogP contribution in [0.25, 0.3) is 0 Å². The first-order valence-corrected chi connectivity index (χ1v) is 7.51. The van der Waals surface area contributed by atoms with Crippen molar-refractivity contribution in [2.24, 2.45) is 0 Å². The van der Waals surface area contributed by atoms with Gasteiger partial charge in [0.05, 0.1) is 30.2 Å². The molecule has 0 saturated heterocycles. The smallest absolute Gasteiger partial charge is 0.230 e. The minimum Gasteiger partial charge on any atom is -0.375 e. The second-order valence-corrected chi connectivity index (χ2v) is 6.00. The monoisotopic (exact) mass is 308 g/mol. The number of fused-ring (bicyclic) bond motifs is 1. The molecule has 1 N–H and O–H groups in total. The van der Waals surface area contributed by atoms with Crippen LogP contribution in [0.15, 0.2) is 24.3 Å². The molecule has 0 radical (unpaired) electrons. The molecule has 1 aliphatic heterocycles. The third-order valence-electron chi connectivity index (χ3n) is 3.05. The average Bonchev–Trinajstić information content (AvgIpc) is 2.83. The Morgan fingerprint density at radius 1 is 1.45 bits per heavy atom. The van der Waals surface area contributed by atoms with Crippen LogP contribution in [0.3, 0.4) is 0 Å². The highest BCUT2D eigenvalue weighted by molar-refractivity contribution is 7.15. The number of hydrogen-bond acceptors (Lipinski definition) is 4. The first kappa shape index (κ1) is 13.5. The van der Waals surface area contributed by atoms with Crippen molar-refractivity contribution in [1.29, 1.82) is 0 Å². The molecule has 0 atom stereocenters. The molecule has 6 heteroatoms. The molecule has 20 heavy (non-hydrogen) atoms. The van der Waals surface area contributed by atoms with Crippen molar-refractivity contribution in [1.82, 2.24) is 4.98 Å². The maximum absolute atomic E-state index is 12.0. The number of amides is 1. The van der Waals surface area contributed by atoms with E-state index in [9.17, 15) is 4.79 Å². The third kappa shape index (κ3) is 3.00. The molecule has 0 aliphatic carbocycles. The molecule has 3 rings (SSSR count). The Kier molecular flexibility index (Phi) is 4.00. The molecule has 0 spiro atoms. The molecule has 2 aromatic rings. The molecular weight excluding hydrogens is 296 g/mol. The fourth-order valence-electron chi connectivity index (χ4n) is 2.06. The fraction of sp³-hybridized carbons (Fsp3) is 0.286. The van der Waals surface area contributed by atoms with Crippen LogP contribution < -0.4 is 5.32 Å². The van der Waals surface area contributed by atoms with Gasteiger partial charge >= 0.3 is 0 Å². The topological polar surface area (TPSA) is 51.2 Å². The molecule has 0 fully saturated rings. The molecule has 0 saturated carbocycles. The van der Waals surface area contributed by atoms with Gasteiger partial charge in [-0.15, -0.1) is 0 Å². The number of hydrogen-bond donors (Lipinski definition) is 1. The summed E-state index contributed by atoms with van der Waals surface area (Å²) in [5.41, 5.74) is 1.85. The molecule has 1 amide bonds. The summed E-state index contributed by atoms with van der Waals surface area (Å²) in [6.07, 6.45) is 1.06. The van der Waals surface area contributed by atoms with Crippen LogP contribution in [0.5, 0.6) is 0 Å². The van der Waals surface area contributed by atoms with E-state index in [2.05, 4.69) is 10.3 Å². The highest BCUT2D eigenvalue weighted by atomic mass is 35.5. The average molecular weight is 309 g/mol. The Morgan fingerprint density at radius 3 is 3.10 bits per heavy atom. The Bertz CT molecular complexity index is 618. The summed E-state index contributed by atoms with van der Waals surface area (Å²) >= 11 is 7.52. The van der Waals surface area contributed by atoms with Crippen molar-refractivity contribution in [2.45, 2.75) is 19.4 Å². The van der Waals surface area contributed by atoms with Gasteiger partial charge in [-0.3, -0.25) is 4.79 Å². The predicted octanol–water partition coefficient (Wildman–Crippen LogP) is 3.05. The fourth-order valence-corrected chi connectivity index (χ4v) is 3.22. The normalized spacial score (nSPS) is 13.8. The summed E-state index contributed by atoms with van der Waals surface area (Å²) in [5, 5.41) is 4.07. The van der Waals surface area contributed by atoms with E-state index in [0.29, 0.717) is 23.4 Å². The van der Waals surface area contributed by atoms with Crippen LogP contribution in [-0.4, -0.2) is 17.5 Å². The molecule has 1 aliphatic rings. The molecular formula is C14H13ClN2O2S. The number of halogens is 1. The van der Waals surface area contributed by atoms with Crippen molar-refractivity contribution in [2.75, 3.05) is 11.9 Å². The number of ether oxygens (including phenoxy) is 1. The van der Waals surface area contributed by atoms with Crippen molar-refractivity contribution in [3.8, 4) is 0 Å². The number of nitrogens with zero attached hydrogens (tertiary/aromatic N) is 1. The summed E-state index contributed by atoms with van der Waals surface area (Å²) in [5.74, 6) is -0.106. The Morgan fingerprint density at radius 2 is 2.30 bits per heavy atom. The van der Waals surface area contributed by atoms with Crippen LogP contribution in [0, 0.1) is 0 Å². The lowest BCUT2D eigenvalue weighted by atomic mass is 10.1. The van der Waals surface area contributed by atoms with Crippen LogP contribution in [0.4, 0.5) is 5.13 Å². The SMILES string of the molecule is O=C(Cc1ccccc1Cl)Nc1nc2c(s1)COCC2. The van der Waals surface area contributed by atoms with E-state index in [1.807, 2.05) is 18.2 Å². The summed E-state index contributed by atoms with van der Waals surface area (Å²) in [6.45, 7) is 1.29. The molecule has 4 nitrogen and oxygen atoms in total. The molecule has 0 bridgehead atoms. The van der Waals surface area contributed by atoms with E-state index < -0.39 is 0 Å². The van der Waals surface area contributed by atoms with E-state index >= 15 is 0 Å².